The molecule has 21 heavy (non-hydrogen) atoms. The van der Waals surface area contributed by atoms with Crippen LogP contribution in [0.2, 0.25) is 4.34 Å². The molecule has 2 aromatic rings. The molecular weight excluding hydrogens is 330 g/mol. The van der Waals surface area contributed by atoms with Crippen LogP contribution in [0.3, 0.4) is 0 Å². The molecule has 3 rings (SSSR count). The summed E-state index contributed by atoms with van der Waals surface area (Å²) in [6.45, 7) is 1.97. The van der Waals surface area contributed by atoms with Crippen LogP contribution in [0.4, 0.5) is 5.69 Å². The first-order valence-corrected chi connectivity index (χ1v) is 8.95. The highest BCUT2D eigenvalue weighted by Gasteiger charge is 2.34. The summed E-state index contributed by atoms with van der Waals surface area (Å²) in [6.07, 6.45) is 0.189. The fraction of sp³-hybridized carbons (Fsp3) is 0.214. The van der Waals surface area contributed by atoms with Crippen molar-refractivity contribution in [2.45, 2.75) is 17.6 Å². The van der Waals surface area contributed by atoms with Crippen LogP contribution in [-0.2, 0) is 10.0 Å². The maximum Gasteiger partial charge on any atom is 0.273 e. The van der Waals surface area contributed by atoms with E-state index in [2.05, 4.69) is 0 Å². The minimum absolute atomic E-state index is 0.0237. The van der Waals surface area contributed by atoms with Gasteiger partial charge in [0.15, 0.2) is 5.78 Å². The topological polar surface area (TPSA) is 54.5 Å². The van der Waals surface area contributed by atoms with Crippen LogP contribution in [0.1, 0.15) is 22.3 Å². The Morgan fingerprint density at radius 2 is 2.00 bits per heavy atom. The van der Waals surface area contributed by atoms with E-state index in [9.17, 15) is 13.2 Å². The molecule has 1 aromatic carbocycles. The first kappa shape index (κ1) is 14.6. The molecule has 0 spiro atoms. The largest absolute Gasteiger partial charge is 0.294 e. The van der Waals surface area contributed by atoms with E-state index in [-0.39, 0.29) is 23.0 Å². The summed E-state index contributed by atoms with van der Waals surface area (Å²) in [5.74, 6) is -0.0237. The fourth-order valence-electron chi connectivity index (χ4n) is 2.45. The van der Waals surface area contributed by atoms with Crippen molar-refractivity contribution < 1.29 is 13.2 Å². The predicted molar refractivity (Wildman–Crippen MR) is 84.0 cm³/mol. The minimum atomic E-state index is -3.69. The maximum absolute atomic E-state index is 12.8. The van der Waals surface area contributed by atoms with E-state index in [1.807, 2.05) is 0 Å². The van der Waals surface area contributed by atoms with Gasteiger partial charge in [0.1, 0.15) is 4.21 Å². The van der Waals surface area contributed by atoms with Gasteiger partial charge in [-0.3, -0.25) is 9.10 Å². The van der Waals surface area contributed by atoms with Crippen molar-refractivity contribution in [3.63, 3.8) is 0 Å². The second kappa shape index (κ2) is 5.12. The zero-order valence-electron chi connectivity index (χ0n) is 11.2. The monoisotopic (exact) mass is 341 g/mol. The van der Waals surface area contributed by atoms with E-state index < -0.39 is 10.0 Å². The number of aryl methyl sites for hydroxylation is 1. The number of anilines is 1. The molecule has 0 bridgehead atoms. The maximum atomic E-state index is 12.8. The van der Waals surface area contributed by atoms with E-state index in [0.717, 1.165) is 16.9 Å². The highest BCUT2D eigenvalue weighted by atomic mass is 35.5. The molecule has 0 saturated carbocycles. The summed E-state index contributed by atoms with van der Waals surface area (Å²) in [5.41, 5.74) is 1.72. The van der Waals surface area contributed by atoms with Crippen LogP contribution in [0.15, 0.2) is 34.5 Å². The Bertz CT molecular complexity index is 826. The number of Topliss-reactive ketones (excluding diaryl/α,β-unsaturated/α-hetero) is 1. The molecule has 1 aromatic heterocycles. The molecule has 0 unspecified atom stereocenters. The molecule has 0 fully saturated rings. The van der Waals surface area contributed by atoms with Crippen LogP contribution < -0.4 is 4.31 Å². The first-order valence-electron chi connectivity index (χ1n) is 6.32. The quantitative estimate of drug-likeness (QED) is 0.840. The van der Waals surface area contributed by atoms with Gasteiger partial charge in [0.05, 0.1) is 10.0 Å². The molecule has 0 radical (unpaired) electrons. The van der Waals surface area contributed by atoms with Gasteiger partial charge in [0.25, 0.3) is 10.0 Å². The van der Waals surface area contributed by atoms with Gasteiger partial charge in [0, 0.05) is 18.5 Å². The normalized spacial score (nSPS) is 15.1. The van der Waals surface area contributed by atoms with Crippen LogP contribution in [0.5, 0.6) is 0 Å². The summed E-state index contributed by atoms with van der Waals surface area (Å²) in [7, 11) is -3.69. The van der Waals surface area contributed by atoms with Gasteiger partial charge in [-0.25, -0.2) is 8.42 Å². The van der Waals surface area contributed by atoms with E-state index in [4.69, 9.17) is 11.6 Å². The summed E-state index contributed by atoms with van der Waals surface area (Å²) in [5, 5.41) is 0. The molecule has 1 aliphatic rings. The summed E-state index contributed by atoms with van der Waals surface area (Å²) >= 11 is 6.86. The van der Waals surface area contributed by atoms with E-state index in [1.165, 1.54) is 10.4 Å². The minimum Gasteiger partial charge on any atom is -0.294 e. The Hall–Kier alpha value is -1.37. The van der Waals surface area contributed by atoms with Crippen molar-refractivity contribution in [3.05, 3.63) is 45.8 Å². The van der Waals surface area contributed by atoms with Crippen molar-refractivity contribution in [2.24, 2.45) is 0 Å². The number of ketones is 1. The lowest BCUT2D eigenvalue weighted by Crippen LogP contribution is -2.37. The first-order chi connectivity index (χ1) is 9.91. The number of sulfonamides is 1. The highest BCUT2D eigenvalue weighted by Crippen LogP contribution is 2.37. The van der Waals surface area contributed by atoms with Crippen molar-refractivity contribution >= 4 is 44.4 Å². The Balaban J connectivity index is 2.18. The van der Waals surface area contributed by atoms with Gasteiger partial charge in [-0.15, -0.1) is 11.3 Å². The SMILES string of the molecule is Cc1cccc2c1N(S(=O)(=O)c1ccc(Cl)s1)CCC2=O. The number of carbonyl (C=O) groups is 1. The van der Waals surface area contributed by atoms with Gasteiger partial charge in [-0.2, -0.15) is 0 Å². The zero-order chi connectivity index (χ0) is 15.2. The number of thiophene rings is 1. The Kier molecular flexibility index (Phi) is 3.55. The van der Waals surface area contributed by atoms with Crippen molar-refractivity contribution in [1.82, 2.24) is 0 Å². The molecule has 1 aliphatic heterocycles. The second-order valence-corrected chi connectivity index (χ2v) is 8.58. The number of carbonyl (C=O) groups excluding carboxylic acids is 1. The van der Waals surface area contributed by atoms with Gasteiger partial charge in [-0.05, 0) is 30.7 Å². The molecule has 4 nitrogen and oxygen atoms in total. The Morgan fingerprint density at radius 3 is 2.67 bits per heavy atom. The average Bonchev–Trinajstić information content (AvgIpc) is 2.87. The predicted octanol–water partition coefficient (Wildman–Crippen LogP) is 3.49. The lowest BCUT2D eigenvalue weighted by molar-refractivity contribution is 0.0982. The van der Waals surface area contributed by atoms with E-state index in [1.54, 1.807) is 31.2 Å². The van der Waals surface area contributed by atoms with E-state index in [0.29, 0.717) is 15.6 Å². The van der Waals surface area contributed by atoms with E-state index >= 15 is 0 Å². The Morgan fingerprint density at radius 1 is 1.24 bits per heavy atom. The molecule has 0 aliphatic carbocycles. The number of benzene rings is 1. The highest BCUT2D eigenvalue weighted by molar-refractivity contribution is 7.94. The number of hydrogen-bond donors (Lipinski definition) is 0. The number of nitrogens with zero attached hydrogens (tertiary/aromatic N) is 1. The second-order valence-electron chi connectivity index (χ2n) is 4.78. The zero-order valence-corrected chi connectivity index (χ0v) is 13.6. The molecule has 2 heterocycles. The molecule has 0 saturated heterocycles. The van der Waals surface area contributed by atoms with Crippen LogP contribution >= 0.6 is 22.9 Å². The molecule has 0 amide bonds. The van der Waals surface area contributed by atoms with Crippen molar-refractivity contribution in [3.8, 4) is 0 Å². The van der Waals surface area contributed by atoms with Crippen LogP contribution in [0.25, 0.3) is 0 Å². The van der Waals surface area contributed by atoms with Crippen molar-refractivity contribution in [1.29, 1.82) is 0 Å². The number of halogens is 1. The lowest BCUT2D eigenvalue weighted by atomic mass is 9.99. The molecule has 7 heteroatoms. The van der Waals surface area contributed by atoms with Crippen LogP contribution in [-0.4, -0.2) is 20.7 Å². The average molecular weight is 342 g/mol. The smallest absolute Gasteiger partial charge is 0.273 e. The number of para-hydroxylation sites is 1. The summed E-state index contributed by atoms with van der Waals surface area (Å²) in [6, 6.07) is 8.31. The molecule has 0 N–H and O–H groups in total. The molecular formula is C14H12ClNO3S2. The van der Waals surface area contributed by atoms with Gasteiger partial charge >= 0.3 is 0 Å². The lowest BCUT2D eigenvalue weighted by Gasteiger charge is -2.30. The van der Waals surface area contributed by atoms with Crippen LogP contribution in [0, 0.1) is 6.92 Å². The third-order valence-electron chi connectivity index (χ3n) is 3.42. The fourth-order valence-corrected chi connectivity index (χ4v) is 5.60. The number of rotatable bonds is 2. The van der Waals surface area contributed by atoms with Gasteiger partial charge in [0.2, 0.25) is 0 Å². The third-order valence-corrected chi connectivity index (χ3v) is 6.92. The third kappa shape index (κ3) is 2.37. The molecule has 0 atom stereocenters. The van der Waals surface area contributed by atoms with Gasteiger partial charge < -0.3 is 0 Å². The number of fused-ring (bicyclic) bond motifs is 1. The summed E-state index contributed by atoms with van der Waals surface area (Å²) < 4.78 is 27.5. The Labute approximate surface area is 132 Å². The van der Waals surface area contributed by atoms with Crippen molar-refractivity contribution in [2.75, 3.05) is 10.8 Å². The number of hydrogen-bond acceptors (Lipinski definition) is 4. The standard InChI is InChI=1S/C14H12ClNO3S2/c1-9-3-2-4-10-11(17)7-8-16(14(9)10)21(18,19)13-6-5-12(15)20-13/h2-6H,7-8H2,1H3. The van der Waals surface area contributed by atoms with Gasteiger partial charge in [-0.1, -0.05) is 23.7 Å². The molecule has 110 valence electrons. The summed E-state index contributed by atoms with van der Waals surface area (Å²) in [4.78, 5) is 12.0.